The summed E-state index contributed by atoms with van der Waals surface area (Å²) in [7, 11) is 1.72. The van der Waals surface area contributed by atoms with Crippen molar-refractivity contribution >= 4 is 10.8 Å². The first-order valence-corrected chi connectivity index (χ1v) is 7.20. The largest absolute Gasteiger partial charge is 0.496 e. The molecule has 108 valence electrons. The minimum Gasteiger partial charge on any atom is -0.496 e. The van der Waals surface area contributed by atoms with Gasteiger partial charge >= 0.3 is 0 Å². The van der Waals surface area contributed by atoms with Crippen LogP contribution >= 0.6 is 0 Å². The zero-order chi connectivity index (χ0) is 14.2. The summed E-state index contributed by atoms with van der Waals surface area (Å²) in [5.41, 5.74) is 1.30. The van der Waals surface area contributed by atoms with Crippen molar-refractivity contribution in [3.05, 3.63) is 42.0 Å². The fraction of sp³-hybridized carbons (Fsp3) is 0.412. The van der Waals surface area contributed by atoms with E-state index in [-0.39, 0.29) is 0 Å². The molecule has 0 aromatic heterocycles. The van der Waals surface area contributed by atoms with Crippen LogP contribution in [0.2, 0.25) is 0 Å². The van der Waals surface area contributed by atoms with Crippen molar-refractivity contribution in [1.29, 1.82) is 0 Å². The molecule has 20 heavy (non-hydrogen) atoms. The van der Waals surface area contributed by atoms with Crippen molar-refractivity contribution in [3.8, 4) is 5.75 Å². The first-order chi connectivity index (χ1) is 9.86. The number of benzene rings is 2. The van der Waals surface area contributed by atoms with Gasteiger partial charge in [0.25, 0.3) is 0 Å². The van der Waals surface area contributed by atoms with Crippen LogP contribution in [0.5, 0.6) is 5.75 Å². The first-order valence-electron chi connectivity index (χ1n) is 7.20. The summed E-state index contributed by atoms with van der Waals surface area (Å²) in [4.78, 5) is 0. The molecule has 0 bridgehead atoms. The lowest BCUT2D eigenvalue weighted by Gasteiger charge is -2.11. The highest BCUT2D eigenvalue weighted by Crippen LogP contribution is 2.28. The monoisotopic (exact) mass is 273 g/mol. The second kappa shape index (κ2) is 7.88. The molecule has 0 aliphatic heterocycles. The number of ether oxygens (including phenoxy) is 2. The fourth-order valence-corrected chi connectivity index (χ4v) is 2.33. The Morgan fingerprint density at radius 2 is 1.85 bits per heavy atom. The van der Waals surface area contributed by atoms with Gasteiger partial charge in [0.1, 0.15) is 5.75 Å². The molecule has 0 aliphatic carbocycles. The minimum absolute atomic E-state index is 0.795. The molecular formula is C17H23NO2. The van der Waals surface area contributed by atoms with Gasteiger partial charge in [0.05, 0.1) is 7.11 Å². The van der Waals surface area contributed by atoms with Crippen LogP contribution in [0.25, 0.3) is 10.8 Å². The smallest absolute Gasteiger partial charge is 0.126 e. The van der Waals surface area contributed by atoms with E-state index in [0.717, 1.165) is 38.5 Å². The van der Waals surface area contributed by atoms with E-state index < -0.39 is 0 Å². The molecule has 2 aromatic rings. The molecular weight excluding hydrogens is 250 g/mol. The molecule has 0 aliphatic rings. The van der Waals surface area contributed by atoms with Crippen LogP contribution in [0.4, 0.5) is 0 Å². The van der Waals surface area contributed by atoms with Crippen molar-refractivity contribution < 1.29 is 9.47 Å². The molecule has 2 rings (SSSR count). The van der Waals surface area contributed by atoms with Crippen LogP contribution in [0, 0.1) is 0 Å². The summed E-state index contributed by atoms with van der Waals surface area (Å²) in [6, 6.07) is 12.5. The van der Waals surface area contributed by atoms with Crippen LogP contribution in [0.15, 0.2) is 36.4 Å². The normalized spacial score (nSPS) is 10.9. The van der Waals surface area contributed by atoms with Gasteiger partial charge in [-0.2, -0.15) is 0 Å². The maximum atomic E-state index is 5.42. The third kappa shape index (κ3) is 3.71. The Balaban J connectivity index is 2.00. The Labute approximate surface area is 120 Å². The number of fused-ring (bicyclic) bond motifs is 1. The van der Waals surface area contributed by atoms with E-state index in [0.29, 0.717) is 0 Å². The standard InChI is InChI=1S/C17H23NO2/c1-3-20-12-6-11-18-13-14-9-10-17(19-2)16-8-5-4-7-15(14)16/h4-5,7-10,18H,3,6,11-13H2,1-2H3. The van der Waals surface area contributed by atoms with Crippen LogP contribution in [-0.2, 0) is 11.3 Å². The number of hydrogen-bond acceptors (Lipinski definition) is 3. The van der Waals surface area contributed by atoms with Crippen LogP contribution in [0.3, 0.4) is 0 Å². The summed E-state index contributed by atoms with van der Waals surface area (Å²) < 4.78 is 10.7. The topological polar surface area (TPSA) is 30.5 Å². The molecule has 0 radical (unpaired) electrons. The molecule has 0 spiro atoms. The van der Waals surface area contributed by atoms with Gasteiger partial charge in [-0.3, -0.25) is 0 Å². The van der Waals surface area contributed by atoms with E-state index in [1.165, 1.54) is 16.3 Å². The van der Waals surface area contributed by atoms with Crippen LogP contribution in [0.1, 0.15) is 18.9 Å². The highest BCUT2D eigenvalue weighted by molar-refractivity contribution is 5.91. The third-order valence-electron chi connectivity index (χ3n) is 3.36. The Bertz CT molecular complexity index is 540. The Kier molecular flexibility index (Phi) is 5.84. The number of nitrogens with one attached hydrogen (secondary N) is 1. The van der Waals surface area contributed by atoms with Gasteiger partial charge < -0.3 is 14.8 Å². The number of methoxy groups -OCH3 is 1. The maximum Gasteiger partial charge on any atom is 0.126 e. The molecule has 0 saturated heterocycles. The molecule has 0 heterocycles. The van der Waals surface area contributed by atoms with Crippen LogP contribution < -0.4 is 10.1 Å². The molecule has 0 saturated carbocycles. The zero-order valence-electron chi connectivity index (χ0n) is 12.3. The predicted molar refractivity (Wildman–Crippen MR) is 83.3 cm³/mol. The average molecular weight is 273 g/mol. The van der Waals surface area contributed by atoms with Gasteiger partial charge in [0.15, 0.2) is 0 Å². The molecule has 3 heteroatoms. The molecule has 0 fully saturated rings. The fourth-order valence-electron chi connectivity index (χ4n) is 2.33. The quantitative estimate of drug-likeness (QED) is 0.748. The molecule has 2 aromatic carbocycles. The van der Waals surface area contributed by atoms with E-state index in [4.69, 9.17) is 9.47 Å². The second-order valence-electron chi connectivity index (χ2n) is 4.70. The zero-order valence-corrected chi connectivity index (χ0v) is 12.3. The van der Waals surface area contributed by atoms with Gasteiger partial charge in [-0.05, 0) is 36.9 Å². The van der Waals surface area contributed by atoms with Gasteiger partial charge in [-0.15, -0.1) is 0 Å². The third-order valence-corrected chi connectivity index (χ3v) is 3.36. The second-order valence-corrected chi connectivity index (χ2v) is 4.70. The maximum absolute atomic E-state index is 5.42. The molecule has 0 unspecified atom stereocenters. The summed E-state index contributed by atoms with van der Waals surface area (Å²) in [6.07, 6.45) is 1.04. The molecule has 1 N–H and O–H groups in total. The van der Waals surface area contributed by atoms with E-state index in [9.17, 15) is 0 Å². The first kappa shape index (κ1) is 14.8. The van der Waals surface area contributed by atoms with Gasteiger partial charge in [0, 0.05) is 25.1 Å². The van der Waals surface area contributed by atoms with Crippen molar-refractivity contribution in [2.45, 2.75) is 19.9 Å². The number of rotatable bonds is 8. The number of hydrogen-bond donors (Lipinski definition) is 1. The van der Waals surface area contributed by atoms with E-state index in [1.807, 2.05) is 19.1 Å². The SMILES string of the molecule is CCOCCCNCc1ccc(OC)c2ccccc12. The van der Waals surface area contributed by atoms with Crippen molar-refractivity contribution in [1.82, 2.24) is 5.32 Å². The Morgan fingerprint density at radius 1 is 1.05 bits per heavy atom. The highest BCUT2D eigenvalue weighted by atomic mass is 16.5. The summed E-state index contributed by atoms with van der Waals surface area (Å²) >= 11 is 0. The highest BCUT2D eigenvalue weighted by Gasteiger charge is 2.05. The van der Waals surface area contributed by atoms with E-state index >= 15 is 0 Å². The lowest BCUT2D eigenvalue weighted by molar-refractivity contribution is 0.144. The molecule has 0 amide bonds. The minimum atomic E-state index is 0.795. The van der Waals surface area contributed by atoms with Crippen molar-refractivity contribution in [2.24, 2.45) is 0 Å². The molecule has 0 atom stereocenters. The summed E-state index contributed by atoms with van der Waals surface area (Å²) in [5, 5.41) is 5.89. The van der Waals surface area contributed by atoms with Crippen molar-refractivity contribution in [3.63, 3.8) is 0 Å². The van der Waals surface area contributed by atoms with Gasteiger partial charge in [0.2, 0.25) is 0 Å². The van der Waals surface area contributed by atoms with E-state index in [1.54, 1.807) is 7.11 Å². The molecule has 3 nitrogen and oxygen atoms in total. The van der Waals surface area contributed by atoms with Gasteiger partial charge in [-0.1, -0.05) is 30.3 Å². The van der Waals surface area contributed by atoms with Crippen molar-refractivity contribution in [2.75, 3.05) is 26.9 Å². The lowest BCUT2D eigenvalue weighted by atomic mass is 10.0. The van der Waals surface area contributed by atoms with E-state index in [2.05, 4.69) is 29.6 Å². The lowest BCUT2D eigenvalue weighted by Crippen LogP contribution is -2.16. The summed E-state index contributed by atoms with van der Waals surface area (Å²) in [5.74, 6) is 0.931. The van der Waals surface area contributed by atoms with Gasteiger partial charge in [-0.25, -0.2) is 0 Å². The Morgan fingerprint density at radius 3 is 2.60 bits per heavy atom. The summed E-state index contributed by atoms with van der Waals surface area (Å²) in [6.45, 7) is 5.49. The Hall–Kier alpha value is -1.58. The predicted octanol–water partition coefficient (Wildman–Crippen LogP) is 3.36. The average Bonchev–Trinajstić information content (AvgIpc) is 2.50. The van der Waals surface area contributed by atoms with Crippen LogP contribution in [-0.4, -0.2) is 26.9 Å².